The molecule has 2 aromatic rings. The van der Waals surface area contributed by atoms with Gasteiger partial charge in [0.05, 0.1) is 10.7 Å². The van der Waals surface area contributed by atoms with Gasteiger partial charge in [0.25, 0.3) is 5.91 Å². The predicted octanol–water partition coefficient (Wildman–Crippen LogP) is 2.00. The lowest BCUT2D eigenvalue weighted by atomic mass is 10.2. The maximum absolute atomic E-state index is 12.2. The Labute approximate surface area is 134 Å². The normalized spacial score (nSPS) is 12.2. The molecule has 1 amide bonds. The van der Waals surface area contributed by atoms with Crippen molar-refractivity contribution in [3.63, 3.8) is 0 Å². The molecule has 2 aromatic heterocycles. The maximum Gasteiger partial charge on any atom is 0.271 e. The SMILES string of the molecule is Cc1cc(C)n(-c2ccc(Cl)c(C(=O)NCCC(C)N)n2)n1. The highest BCUT2D eigenvalue weighted by atomic mass is 35.5. The topological polar surface area (TPSA) is 85.8 Å². The van der Waals surface area contributed by atoms with Gasteiger partial charge in [0.2, 0.25) is 0 Å². The second-order valence-electron chi connectivity index (χ2n) is 5.36. The Bertz CT molecular complexity index is 681. The first-order valence-corrected chi connectivity index (χ1v) is 7.50. The Balaban J connectivity index is 2.23. The summed E-state index contributed by atoms with van der Waals surface area (Å²) >= 11 is 6.09. The number of halogens is 1. The van der Waals surface area contributed by atoms with Crippen LogP contribution in [0.2, 0.25) is 5.02 Å². The minimum absolute atomic E-state index is 0.0322. The third-order valence-electron chi connectivity index (χ3n) is 3.16. The lowest BCUT2D eigenvalue weighted by Gasteiger charge is -2.10. The van der Waals surface area contributed by atoms with Crippen molar-refractivity contribution in [2.45, 2.75) is 33.2 Å². The van der Waals surface area contributed by atoms with Crippen molar-refractivity contribution in [3.05, 3.63) is 40.3 Å². The Morgan fingerprint density at radius 2 is 2.18 bits per heavy atom. The molecule has 0 fully saturated rings. The summed E-state index contributed by atoms with van der Waals surface area (Å²) in [6, 6.07) is 5.37. The highest BCUT2D eigenvalue weighted by Crippen LogP contribution is 2.17. The second-order valence-corrected chi connectivity index (χ2v) is 5.77. The van der Waals surface area contributed by atoms with Crippen LogP contribution in [0.5, 0.6) is 0 Å². The molecule has 0 aliphatic rings. The molecule has 22 heavy (non-hydrogen) atoms. The second kappa shape index (κ2) is 6.89. The number of nitrogens with one attached hydrogen (secondary N) is 1. The van der Waals surface area contributed by atoms with Crippen LogP contribution in [0, 0.1) is 13.8 Å². The van der Waals surface area contributed by atoms with Gasteiger partial charge in [-0.1, -0.05) is 11.6 Å². The van der Waals surface area contributed by atoms with E-state index >= 15 is 0 Å². The largest absolute Gasteiger partial charge is 0.351 e. The average Bonchev–Trinajstić information content (AvgIpc) is 2.77. The molecule has 6 nitrogen and oxygen atoms in total. The molecule has 2 heterocycles. The number of carbonyl (C=O) groups excluding carboxylic acids is 1. The van der Waals surface area contributed by atoms with Gasteiger partial charge in [-0.2, -0.15) is 5.10 Å². The third-order valence-corrected chi connectivity index (χ3v) is 3.46. The van der Waals surface area contributed by atoms with Crippen LogP contribution in [0.1, 0.15) is 35.2 Å². The fourth-order valence-corrected chi connectivity index (χ4v) is 2.26. The first-order chi connectivity index (χ1) is 10.4. The molecule has 7 heteroatoms. The van der Waals surface area contributed by atoms with E-state index in [1.807, 2.05) is 26.8 Å². The van der Waals surface area contributed by atoms with Gasteiger partial charge in [-0.05, 0) is 45.4 Å². The van der Waals surface area contributed by atoms with E-state index in [0.717, 1.165) is 11.4 Å². The molecular formula is C15H20ClN5O. The zero-order valence-electron chi connectivity index (χ0n) is 12.9. The monoisotopic (exact) mass is 321 g/mol. The molecule has 0 radical (unpaired) electrons. The van der Waals surface area contributed by atoms with E-state index in [-0.39, 0.29) is 17.6 Å². The highest BCUT2D eigenvalue weighted by Gasteiger charge is 2.15. The quantitative estimate of drug-likeness (QED) is 0.882. The van der Waals surface area contributed by atoms with E-state index in [1.165, 1.54) is 0 Å². The summed E-state index contributed by atoms with van der Waals surface area (Å²) in [4.78, 5) is 16.5. The van der Waals surface area contributed by atoms with Crippen LogP contribution in [0.15, 0.2) is 18.2 Å². The van der Waals surface area contributed by atoms with Gasteiger partial charge in [-0.25, -0.2) is 9.67 Å². The molecule has 0 aliphatic carbocycles. The number of pyridine rings is 1. The number of amides is 1. The van der Waals surface area contributed by atoms with E-state index in [1.54, 1.807) is 16.8 Å². The molecule has 0 bridgehead atoms. The van der Waals surface area contributed by atoms with E-state index in [0.29, 0.717) is 23.8 Å². The van der Waals surface area contributed by atoms with E-state index in [9.17, 15) is 4.79 Å². The number of aryl methyl sites for hydroxylation is 2. The number of nitrogens with two attached hydrogens (primary N) is 1. The molecule has 0 aromatic carbocycles. The zero-order chi connectivity index (χ0) is 16.3. The summed E-state index contributed by atoms with van der Waals surface area (Å²) < 4.78 is 1.68. The third kappa shape index (κ3) is 3.84. The van der Waals surface area contributed by atoms with Gasteiger partial charge in [0, 0.05) is 18.3 Å². The van der Waals surface area contributed by atoms with Crippen molar-refractivity contribution >= 4 is 17.5 Å². The molecule has 0 saturated heterocycles. The maximum atomic E-state index is 12.2. The molecule has 0 saturated carbocycles. The highest BCUT2D eigenvalue weighted by molar-refractivity contribution is 6.33. The molecule has 2 rings (SSSR count). The van der Waals surface area contributed by atoms with E-state index < -0.39 is 0 Å². The Morgan fingerprint density at radius 3 is 2.77 bits per heavy atom. The van der Waals surface area contributed by atoms with Crippen molar-refractivity contribution in [2.75, 3.05) is 6.54 Å². The summed E-state index contributed by atoms with van der Waals surface area (Å²) in [5.74, 6) is 0.251. The molecule has 118 valence electrons. The number of hydrogen-bond donors (Lipinski definition) is 2. The van der Waals surface area contributed by atoms with Crippen LogP contribution >= 0.6 is 11.6 Å². The number of hydrogen-bond acceptors (Lipinski definition) is 4. The summed E-state index contributed by atoms with van der Waals surface area (Å²) in [5, 5.41) is 7.44. The van der Waals surface area contributed by atoms with Crippen LogP contribution < -0.4 is 11.1 Å². The van der Waals surface area contributed by atoms with Crippen molar-refractivity contribution in [2.24, 2.45) is 5.73 Å². The predicted molar refractivity (Wildman–Crippen MR) is 86.4 cm³/mol. The number of carbonyl (C=O) groups is 1. The van der Waals surface area contributed by atoms with Crippen LogP contribution in [0.4, 0.5) is 0 Å². The van der Waals surface area contributed by atoms with E-state index in [4.69, 9.17) is 17.3 Å². The van der Waals surface area contributed by atoms with Gasteiger partial charge >= 0.3 is 0 Å². The summed E-state index contributed by atoms with van der Waals surface area (Å²) in [6.07, 6.45) is 0.695. The van der Waals surface area contributed by atoms with Crippen LogP contribution in [-0.4, -0.2) is 33.3 Å². The molecule has 1 atom stereocenters. The smallest absolute Gasteiger partial charge is 0.271 e. The first-order valence-electron chi connectivity index (χ1n) is 7.12. The molecule has 3 N–H and O–H groups in total. The molecular weight excluding hydrogens is 302 g/mol. The van der Waals surface area contributed by atoms with Crippen LogP contribution in [0.25, 0.3) is 5.82 Å². The van der Waals surface area contributed by atoms with Crippen LogP contribution in [0.3, 0.4) is 0 Å². The van der Waals surface area contributed by atoms with E-state index in [2.05, 4.69) is 15.4 Å². The number of aromatic nitrogens is 3. The van der Waals surface area contributed by atoms with Gasteiger partial charge in [-0.15, -0.1) is 0 Å². The van der Waals surface area contributed by atoms with Crippen molar-refractivity contribution in [3.8, 4) is 5.82 Å². The minimum atomic E-state index is -0.311. The molecule has 0 spiro atoms. The summed E-state index contributed by atoms with van der Waals surface area (Å²) in [7, 11) is 0. The first kappa shape index (κ1) is 16.5. The summed E-state index contributed by atoms with van der Waals surface area (Å²) in [6.45, 7) is 6.21. The fourth-order valence-electron chi connectivity index (χ4n) is 2.07. The van der Waals surface area contributed by atoms with Crippen molar-refractivity contribution < 1.29 is 4.79 Å². The average molecular weight is 322 g/mol. The lowest BCUT2D eigenvalue weighted by Crippen LogP contribution is -2.30. The number of rotatable bonds is 5. The van der Waals surface area contributed by atoms with Gasteiger partial charge in [0.1, 0.15) is 5.69 Å². The lowest BCUT2D eigenvalue weighted by molar-refractivity contribution is 0.0948. The minimum Gasteiger partial charge on any atom is -0.351 e. The zero-order valence-corrected chi connectivity index (χ0v) is 13.7. The van der Waals surface area contributed by atoms with Crippen molar-refractivity contribution in [1.29, 1.82) is 0 Å². The Morgan fingerprint density at radius 1 is 1.45 bits per heavy atom. The standard InChI is InChI=1S/C15H20ClN5O/c1-9(17)6-7-18-15(22)14-12(16)4-5-13(19-14)21-11(3)8-10(2)20-21/h4-5,8-9H,6-7,17H2,1-3H3,(H,18,22). The Kier molecular flexibility index (Phi) is 5.15. The van der Waals surface area contributed by atoms with Crippen molar-refractivity contribution in [1.82, 2.24) is 20.1 Å². The van der Waals surface area contributed by atoms with Gasteiger partial charge in [-0.3, -0.25) is 4.79 Å². The summed E-state index contributed by atoms with van der Waals surface area (Å²) in [5.41, 5.74) is 7.68. The number of nitrogens with zero attached hydrogens (tertiary/aromatic N) is 3. The van der Waals surface area contributed by atoms with Gasteiger partial charge < -0.3 is 11.1 Å². The van der Waals surface area contributed by atoms with Gasteiger partial charge in [0.15, 0.2) is 5.82 Å². The Hall–Kier alpha value is -1.92. The molecule has 0 aliphatic heterocycles. The van der Waals surface area contributed by atoms with Crippen LogP contribution in [-0.2, 0) is 0 Å². The fraction of sp³-hybridized carbons (Fsp3) is 0.400. The molecule has 1 unspecified atom stereocenters.